The van der Waals surface area contributed by atoms with Crippen LogP contribution in [0.3, 0.4) is 0 Å². The Labute approximate surface area is 157 Å². The highest BCUT2D eigenvalue weighted by atomic mass is 16.2. The Morgan fingerprint density at radius 1 is 1.12 bits per heavy atom. The van der Waals surface area contributed by atoms with Crippen molar-refractivity contribution in [2.24, 2.45) is 0 Å². The molecule has 1 unspecified atom stereocenters. The van der Waals surface area contributed by atoms with E-state index in [1.54, 1.807) is 4.90 Å². The quantitative estimate of drug-likeness (QED) is 0.730. The van der Waals surface area contributed by atoms with Gasteiger partial charge in [-0.15, -0.1) is 0 Å². The smallest absolute Gasteiger partial charge is 0.277 e. The van der Waals surface area contributed by atoms with Crippen LogP contribution in [0, 0.1) is 0 Å². The molecule has 1 aromatic rings. The van der Waals surface area contributed by atoms with Gasteiger partial charge in [-0.1, -0.05) is 18.2 Å². The maximum absolute atomic E-state index is 12.4. The third-order valence-corrected chi connectivity index (χ3v) is 5.28. The third-order valence-electron chi connectivity index (χ3n) is 5.28. The fraction of sp³-hybridized carbons (Fsp3) is 0.619. The summed E-state index contributed by atoms with van der Waals surface area (Å²) in [5.74, 6) is 0.0862. The molecular formula is C21H34N3O2+. The van der Waals surface area contributed by atoms with Gasteiger partial charge in [0.05, 0.1) is 13.1 Å². The number of hydrogen-bond acceptors (Lipinski definition) is 2. The Kier molecular flexibility index (Phi) is 7.64. The van der Waals surface area contributed by atoms with Crippen LogP contribution in [0.5, 0.6) is 0 Å². The average Bonchev–Trinajstić information content (AvgIpc) is 2.61. The zero-order valence-electron chi connectivity index (χ0n) is 16.7. The lowest BCUT2D eigenvalue weighted by atomic mass is 9.89. The monoisotopic (exact) mass is 360 g/mol. The summed E-state index contributed by atoms with van der Waals surface area (Å²) >= 11 is 0. The molecule has 1 aliphatic carbocycles. The van der Waals surface area contributed by atoms with E-state index < -0.39 is 0 Å². The highest BCUT2D eigenvalue weighted by Crippen LogP contribution is 2.24. The number of amides is 2. The molecule has 5 heteroatoms. The van der Waals surface area contributed by atoms with E-state index in [1.807, 2.05) is 27.8 Å². The molecule has 2 amide bonds. The second-order valence-corrected chi connectivity index (χ2v) is 7.40. The first-order valence-corrected chi connectivity index (χ1v) is 9.94. The summed E-state index contributed by atoms with van der Waals surface area (Å²) in [5.41, 5.74) is 4.05. The number of carbonyl (C=O) groups excluding carboxylic acids is 2. The number of rotatable bonds is 8. The number of hydrogen-bond donors (Lipinski definition) is 2. The number of aryl methyl sites for hydroxylation is 2. The Bertz CT molecular complexity index is 626. The SMILES string of the molecule is CCN(CC)C(=O)C[NH+](C)CC(=O)N[C@@H](C)c1ccc2c(c1)CCCC2. The minimum Gasteiger partial charge on any atom is -0.345 e. The molecule has 5 nitrogen and oxygen atoms in total. The molecule has 0 spiro atoms. The molecule has 0 aromatic heterocycles. The van der Waals surface area contributed by atoms with Crippen LogP contribution in [-0.2, 0) is 22.4 Å². The van der Waals surface area contributed by atoms with Crippen molar-refractivity contribution in [3.8, 4) is 0 Å². The summed E-state index contributed by atoms with van der Waals surface area (Å²) in [6.45, 7) is 8.06. The highest BCUT2D eigenvalue weighted by molar-refractivity contribution is 5.79. The minimum absolute atomic E-state index is 0.0130. The molecule has 2 atom stereocenters. The van der Waals surface area contributed by atoms with Crippen LogP contribution in [0.25, 0.3) is 0 Å². The molecule has 2 N–H and O–H groups in total. The van der Waals surface area contributed by atoms with Gasteiger partial charge in [0.1, 0.15) is 0 Å². The number of fused-ring (bicyclic) bond motifs is 1. The van der Waals surface area contributed by atoms with Crippen molar-refractivity contribution in [2.45, 2.75) is 52.5 Å². The van der Waals surface area contributed by atoms with E-state index >= 15 is 0 Å². The van der Waals surface area contributed by atoms with Gasteiger partial charge in [-0.3, -0.25) is 9.59 Å². The van der Waals surface area contributed by atoms with Crippen molar-refractivity contribution in [1.82, 2.24) is 10.2 Å². The van der Waals surface area contributed by atoms with Gasteiger partial charge >= 0.3 is 0 Å². The first-order chi connectivity index (χ1) is 12.4. The van der Waals surface area contributed by atoms with Gasteiger partial charge < -0.3 is 15.1 Å². The number of carbonyl (C=O) groups is 2. The van der Waals surface area contributed by atoms with Crippen LogP contribution in [0.4, 0.5) is 0 Å². The number of quaternary nitrogens is 1. The molecule has 0 fully saturated rings. The van der Waals surface area contributed by atoms with E-state index in [4.69, 9.17) is 0 Å². The topological polar surface area (TPSA) is 53.9 Å². The number of likely N-dealkylation sites (N-methyl/N-ethyl adjacent to an activating group) is 2. The fourth-order valence-corrected chi connectivity index (χ4v) is 3.68. The molecule has 0 heterocycles. The van der Waals surface area contributed by atoms with E-state index in [-0.39, 0.29) is 17.9 Å². The van der Waals surface area contributed by atoms with E-state index in [2.05, 4.69) is 23.5 Å². The lowest BCUT2D eigenvalue weighted by Crippen LogP contribution is -3.11. The van der Waals surface area contributed by atoms with E-state index in [1.165, 1.54) is 30.4 Å². The Balaban J connectivity index is 1.86. The van der Waals surface area contributed by atoms with Crippen molar-refractivity contribution < 1.29 is 14.5 Å². The highest BCUT2D eigenvalue weighted by Gasteiger charge is 2.19. The Hall–Kier alpha value is -1.88. The third kappa shape index (κ3) is 5.56. The van der Waals surface area contributed by atoms with Crippen LogP contribution in [0.1, 0.15) is 56.3 Å². The number of benzene rings is 1. The van der Waals surface area contributed by atoms with Crippen LogP contribution in [0.15, 0.2) is 18.2 Å². The molecule has 0 radical (unpaired) electrons. The lowest BCUT2D eigenvalue weighted by Gasteiger charge is -2.22. The summed E-state index contributed by atoms with van der Waals surface area (Å²) in [4.78, 5) is 27.2. The molecule has 144 valence electrons. The summed E-state index contributed by atoms with van der Waals surface area (Å²) in [6, 6.07) is 6.59. The van der Waals surface area contributed by atoms with Crippen molar-refractivity contribution in [3.05, 3.63) is 34.9 Å². The predicted octanol–water partition coefficient (Wildman–Crippen LogP) is 1.13. The van der Waals surface area contributed by atoms with Crippen LogP contribution < -0.4 is 10.2 Å². The zero-order chi connectivity index (χ0) is 19.1. The van der Waals surface area contributed by atoms with Crippen LogP contribution in [-0.4, -0.2) is 49.9 Å². The molecule has 2 rings (SSSR count). The van der Waals surface area contributed by atoms with Gasteiger partial charge in [0.15, 0.2) is 13.1 Å². The summed E-state index contributed by atoms with van der Waals surface area (Å²) in [7, 11) is 1.89. The predicted molar refractivity (Wildman–Crippen MR) is 104 cm³/mol. The van der Waals surface area contributed by atoms with Crippen molar-refractivity contribution in [3.63, 3.8) is 0 Å². The van der Waals surface area contributed by atoms with Crippen molar-refractivity contribution in [2.75, 3.05) is 33.2 Å². The van der Waals surface area contributed by atoms with Gasteiger partial charge in [0, 0.05) is 13.1 Å². The second kappa shape index (κ2) is 9.72. The van der Waals surface area contributed by atoms with Crippen LogP contribution >= 0.6 is 0 Å². The van der Waals surface area contributed by atoms with E-state index in [0.29, 0.717) is 26.2 Å². The average molecular weight is 361 g/mol. The molecule has 1 aliphatic rings. The summed E-state index contributed by atoms with van der Waals surface area (Å²) in [6.07, 6.45) is 4.85. The van der Waals surface area contributed by atoms with Crippen molar-refractivity contribution in [1.29, 1.82) is 0 Å². The van der Waals surface area contributed by atoms with Gasteiger partial charge in [0.25, 0.3) is 11.8 Å². The van der Waals surface area contributed by atoms with Gasteiger partial charge in [-0.05, 0) is 63.1 Å². The standard InChI is InChI=1S/C21H33N3O2/c1-5-24(6-2)21(26)15-23(4)14-20(25)22-16(3)18-12-11-17-9-7-8-10-19(17)13-18/h11-13,16H,5-10,14-15H2,1-4H3,(H,22,25)/p+1/t16-/m0/s1. The number of nitrogens with zero attached hydrogens (tertiary/aromatic N) is 1. The Morgan fingerprint density at radius 2 is 1.77 bits per heavy atom. The molecule has 0 aliphatic heterocycles. The van der Waals surface area contributed by atoms with Gasteiger partial charge in [-0.25, -0.2) is 0 Å². The second-order valence-electron chi connectivity index (χ2n) is 7.40. The van der Waals surface area contributed by atoms with Crippen molar-refractivity contribution >= 4 is 11.8 Å². The van der Waals surface area contributed by atoms with E-state index in [0.717, 1.165) is 16.9 Å². The first kappa shape index (κ1) is 20.4. The van der Waals surface area contributed by atoms with Gasteiger partial charge in [-0.2, -0.15) is 0 Å². The summed E-state index contributed by atoms with van der Waals surface area (Å²) < 4.78 is 0. The molecule has 1 aromatic carbocycles. The number of nitrogens with one attached hydrogen (secondary N) is 2. The van der Waals surface area contributed by atoms with Gasteiger partial charge in [0.2, 0.25) is 0 Å². The maximum atomic E-state index is 12.4. The normalized spacial score (nSPS) is 15.7. The van der Waals surface area contributed by atoms with Crippen LogP contribution in [0.2, 0.25) is 0 Å². The fourth-order valence-electron chi connectivity index (χ4n) is 3.68. The summed E-state index contributed by atoms with van der Waals surface area (Å²) in [5, 5.41) is 3.08. The molecular weight excluding hydrogens is 326 g/mol. The molecule has 0 saturated heterocycles. The lowest BCUT2D eigenvalue weighted by molar-refractivity contribution is -0.863. The molecule has 0 saturated carbocycles. The Morgan fingerprint density at radius 3 is 2.42 bits per heavy atom. The van der Waals surface area contributed by atoms with E-state index in [9.17, 15) is 9.59 Å². The maximum Gasteiger partial charge on any atom is 0.277 e. The molecule has 0 bridgehead atoms. The zero-order valence-corrected chi connectivity index (χ0v) is 16.7. The minimum atomic E-state index is -0.0138. The largest absolute Gasteiger partial charge is 0.345 e. The first-order valence-electron chi connectivity index (χ1n) is 9.94. The molecule has 26 heavy (non-hydrogen) atoms.